The zero-order valence-corrected chi connectivity index (χ0v) is 15.5. The van der Waals surface area contributed by atoms with Crippen molar-refractivity contribution in [2.24, 2.45) is 0 Å². The monoisotopic (exact) mass is 346 g/mol. The van der Waals surface area contributed by atoms with Crippen LogP contribution in [-0.2, 0) is 13.2 Å². The van der Waals surface area contributed by atoms with E-state index in [1.165, 1.54) is 14.4 Å². The summed E-state index contributed by atoms with van der Waals surface area (Å²) in [5, 5.41) is 9.11. The molecule has 7 heteroatoms. The fourth-order valence-electron chi connectivity index (χ4n) is 2.78. The second kappa shape index (κ2) is 6.49. The van der Waals surface area contributed by atoms with Crippen molar-refractivity contribution in [3.8, 4) is 0 Å². The first-order valence-corrected chi connectivity index (χ1v) is 8.81. The maximum absolute atomic E-state index is 12.7. The van der Waals surface area contributed by atoms with Crippen LogP contribution < -0.4 is 5.56 Å². The number of hydrogen-bond acceptors (Lipinski definition) is 6. The van der Waals surface area contributed by atoms with Crippen LogP contribution in [0.15, 0.2) is 21.5 Å². The van der Waals surface area contributed by atoms with Crippen molar-refractivity contribution in [1.29, 1.82) is 0 Å². The van der Waals surface area contributed by atoms with Crippen LogP contribution in [0.1, 0.15) is 35.1 Å². The van der Waals surface area contributed by atoms with E-state index in [0.29, 0.717) is 17.9 Å². The van der Waals surface area contributed by atoms with E-state index < -0.39 is 0 Å². The van der Waals surface area contributed by atoms with Crippen LogP contribution in [0.2, 0.25) is 0 Å². The maximum Gasteiger partial charge on any atom is 0.298 e. The van der Waals surface area contributed by atoms with Crippen molar-refractivity contribution < 1.29 is 4.52 Å². The molecule has 3 rings (SSSR count). The second-order valence-corrected chi connectivity index (χ2v) is 7.72. The molecular formula is C17H22N4O2S. The van der Waals surface area contributed by atoms with Crippen LogP contribution in [0, 0.1) is 20.8 Å². The van der Waals surface area contributed by atoms with E-state index in [0.717, 1.165) is 17.6 Å². The normalized spacial score (nSPS) is 12.0. The molecule has 128 valence electrons. The first-order valence-electron chi connectivity index (χ1n) is 8.00. The van der Waals surface area contributed by atoms with Gasteiger partial charge >= 0.3 is 0 Å². The largest absolute Gasteiger partial charge is 0.360 e. The highest BCUT2D eigenvalue weighted by Gasteiger charge is 2.18. The third-order valence-electron chi connectivity index (χ3n) is 4.13. The first-order chi connectivity index (χ1) is 11.4. The van der Waals surface area contributed by atoms with Gasteiger partial charge in [-0.05, 0) is 46.8 Å². The third kappa shape index (κ3) is 3.14. The average Bonchev–Trinajstić information content (AvgIpc) is 3.10. The molecule has 0 saturated carbocycles. The zero-order chi connectivity index (χ0) is 17.4. The maximum atomic E-state index is 12.7. The number of rotatable bonds is 5. The van der Waals surface area contributed by atoms with Gasteiger partial charge in [0.1, 0.15) is 5.76 Å². The minimum atomic E-state index is -0.208. The summed E-state index contributed by atoms with van der Waals surface area (Å²) >= 11 is 1.78. The van der Waals surface area contributed by atoms with Crippen LogP contribution >= 0.6 is 11.3 Å². The number of aromatic nitrogens is 3. The van der Waals surface area contributed by atoms with Gasteiger partial charge < -0.3 is 4.52 Å². The lowest BCUT2D eigenvalue weighted by molar-refractivity contribution is 0.152. The van der Waals surface area contributed by atoms with Gasteiger partial charge in [-0.2, -0.15) is 5.10 Å². The summed E-state index contributed by atoms with van der Waals surface area (Å²) in [5.41, 5.74) is 0.912. The Balaban J connectivity index is 1.94. The predicted molar refractivity (Wildman–Crippen MR) is 95.3 cm³/mol. The summed E-state index contributed by atoms with van der Waals surface area (Å²) in [5.74, 6) is 0.633. The molecule has 0 amide bonds. The quantitative estimate of drug-likeness (QED) is 0.710. The minimum Gasteiger partial charge on any atom is -0.360 e. The van der Waals surface area contributed by atoms with Crippen molar-refractivity contribution >= 4 is 22.2 Å². The number of nitrogens with zero attached hydrogens (tertiary/aromatic N) is 4. The molecule has 0 unspecified atom stereocenters. The Morgan fingerprint density at radius 3 is 2.67 bits per heavy atom. The van der Waals surface area contributed by atoms with E-state index in [-0.39, 0.29) is 11.6 Å². The molecule has 0 bridgehead atoms. The van der Waals surface area contributed by atoms with E-state index in [4.69, 9.17) is 4.52 Å². The predicted octanol–water partition coefficient (Wildman–Crippen LogP) is 3.24. The lowest BCUT2D eigenvalue weighted by atomic mass is 10.2. The summed E-state index contributed by atoms with van der Waals surface area (Å²) in [6.45, 7) is 11.2. The SMILES string of the molecule is Cc1ccc(CN(Cn2nc(C)c3c(C)onc3c2=O)C(C)C)s1. The van der Waals surface area contributed by atoms with Gasteiger partial charge in [-0.1, -0.05) is 5.16 Å². The number of fused-ring (bicyclic) bond motifs is 1. The van der Waals surface area contributed by atoms with Crippen molar-refractivity contribution in [2.75, 3.05) is 0 Å². The zero-order valence-electron chi connectivity index (χ0n) is 14.7. The molecule has 0 aliphatic carbocycles. The summed E-state index contributed by atoms with van der Waals surface area (Å²) in [4.78, 5) is 17.5. The highest BCUT2D eigenvalue weighted by molar-refractivity contribution is 7.11. The van der Waals surface area contributed by atoms with E-state index in [2.05, 4.69) is 48.1 Å². The molecule has 3 aromatic heterocycles. The van der Waals surface area contributed by atoms with Gasteiger partial charge in [0.25, 0.3) is 5.56 Å². The van der Waals surface area contributed by atoms with Crippen molar-refractivity contribution in [3.63, 3.8) is 0 Å². The summed E-state index contributed by atoms with van der Waals surface area (Å²) in [7, 11) is 0. The van der Waals surface area contributed by atoms with Crippen LogP contribution in [0.25, 0.3) is 10.9 Å². The molecular weight excluding hydrogens is 324 g/mol. The standard InChI is InChI=1S/C17H22N4O2S/c1-10(2)20(8-14-7-6-11(3)24-14)9-21-17(22)16-15(12(4)18-21)13(5)23-19-16/h6-7,10H,8-9H2,1-5H3. The van der Waals surface area contributed by atoms with Gasteiger partial charge in [-0.25, -0.2) is 4.68 Å². The van der Waals surface area contributed by atoms with Crippen LogP contribution in [0.3, 0.4) is 0 Å². The van der Waals surface area contributed by atoms with Gasteiger partial charge in [0, 0.05) is 22.3 Å². The fraction of sp³-hybridized carbons (Fsp3) is 0.471. The molecule has 0 atom stereocenters. The molecule has 0 fully saturated rings. The minimum absolute atomic E-state index is 0.208. The molecule has 0 N–H and O–H groups in total. The molecule has 3 heterocycles. The Bertz CT molecular complexity index is 922. The summed E-state index contributed by atoms with van der Waals surface area (Å²) in [6, 6.07) is 4.55. The number of hydrogen-bond donors (Lipinski definition) is 0. The topological polar surface area (TPSA) is 64.2 Å². The number of thiophene rings is 1. The van der Waals surface area contributed by atoms with Crippen LogP contribution in [-0.4, -0.2) is 25.9 Å². The lowest BCUT2D eigenvalue weighted by Gasteiger charge is -2.26. The van der Waals surface area contributed by atoms with Crippen molar-refractivity contribution in [2.45, 2.75) is 53.9 Å². The van der Waals surface area contributed by atoms with E-state index in [1.807, 2.05) is 6.92 Å². The Morgan fingerprint density at radius 2 is 2.04 bits per heavy atom. The van der Waals surface area contributed by atoms with Crippen LogP contribution in [0.5, 0.6) is 0 Å². The number of aryl methyl sites for hydroxylation is 3. The third-order valence-corrected chi connectivity index (χ3v) is 5.12. The van der Waals surface area contributed by atoms with Crippen molar-refractivity contribution in [1.82, 2.24) is 19.8 Å². The average molecular weight is 346 g/mol. The molecule has 0 aromatic carbocycles. The Morgan fingerprint density at radius 1 is 1.29 bits per heavy atom. The Hall–Kier alpha value is -1.99. The van der Waals surface area contributed by atoms with Crippen molar-refractivity contribution in [3.05, 3.63) is 43.7 Å². The molecule has 3 aromatic rings. The second-order valence-electron chi connectivity index (χ2n) is 6.35. The lowest BCUT2D eigenvalue weighted by Crippen LogP contribution is -2.37. The van der Waals surface area contributed by atoms with Gasteiger partial charge in [-0.3, -0.25) is 9.69 Å². The summed E-state index contributed by atoms with van der Waals surface area (Å²) in [6.07, 6.45) is 0. The molecule has 0 saturated heterocycles. The first kappa shape index (κ1) is 16.9. The van der Waals surface area contributed by atoms with Gasteiger partial charge in [0.05, 0.1) is 17.7 Å². The van der Waals surface area contributed by atoms with Gasteiger partial charge in [0.15, 0.2) is 5.52 Å². The van der Waals surface area contributed by atoms with E-state index in [1.54, 1.807) is 18.3 Å². The Kier molecular flexibility index (Phi) is 4.56. The molecule has 0 aliphatic heterocycles. The van der Waals surface area contributed by atoms with Gasteiger partial charge in [-0.15, -0.1) is 11.3 Å². The fourth-order valence-corrected chi connectivity index (χ4v) is 3.69. The highest BCUT2D eigenvalue weighted by atomic mass is 32.1. The molecule has 0 radical (unpaired) electrons. The molecule has 0 aliphatic rings. The van der Waals surface area contributed by atoms with E-state index in [9.17, 15) is 4.79 Å². The molecule has 6 nitrogen and oxygen atoms in total. The van der Waals surface area contributed by atoms with Crippen LogP contribution in [0.4, 0.5) is 0 Å². The molecule has 24 heavy (non-hydrogen) atoms. The summed E-state index contributed by atoms with van der Waals surface area (Å²) < 4.78 is 6.65. The van der Waals surface area contributed by atoms with Gasteiger partial charge in [0.2, 0.25) is 0 Å². The highest BCUT2D eigenvalue weighted by Crippen LogP contribution is 2.20. The Labute approximate surface area is 144 Å². The smallest absolute Gasteiger partial charge is 0.298 e. The van der Waals surface area contributed by atoms with E-state index >= 15 is 0 Å². The molecule has 0 spiro atoms.